The maximum atomic E-state index is 12.2. The van der Waals surface area contributed by atoms with Crippen LogP contribution in [0.25, 0.3) is 0 Å². The number of esters is 1. The number of nitrogens with zero attached hydrogens (tertiary/aromatic N) is 1. The third-order valence-electron chi connectivity index (χ3n) is 3.84. The monoisotopic (exact) mass is 302 g/mol. The van der Waals surface area contributed by atoms with E-state index in [4.69, 9.17) is 9.47 Å². The lowest BCUT2D eigenvalue weighted by atomic mass is 9.95. The van der Waals surface area contributed by atoms with Gasteiger partial charge >= 0.3 is 5.97 Å². The fourth-order valence-corrected chi connectivity index (χ4v) is 2.22. The Balaban J connectivity index is 4.38. The maximum absolute atomic E-state index is 12.2. The molecule has 5 nitrogen and oxygen atoms in total. The molecule has 0 aromatic heterocycles. The maximum Gasteiger partial charge on any atom is 0.326 e. The van der Waals surface area contributed by atoms with Gasteiger partial charge in [0.25, 0.3) is 0 Å². The van der Waals surface area contributed by atoms with Gasteiger partial charge in [0.05, 0.1) is 13.2 Å². The highest BCUT2D eigenvalue weighted by Crippen LogP contribution is 2.16. The Labute approximate surface area is 130 Å². The van der Waals surface area contributed by atoms with Crippen LogP contribution < -0.4 is 5.32 Å². The number of ether oxygens (including phenoxy) is 2. The lowest BCUT2D eigenvalue weighted by Gasteiger charge is -2.30. The fraction of sp³-hybridized carbons (Fsp3) is 0.938. The Morgan fingerprint density at radius 3 is 2.57 bits per heavy atom. The molecule has 0 aromatic carbocycles. The normalized spacial score (nSPS) is 15.8. The van der Waals surface area contributed by atoms with Crippen molar-refractivity contribution in [1.82, 2.24) is 10.2 Å². The molecule has 0 aromatic rings. The number of hydrogen-bond donors (Lipinski definition) is 1. The molecule has 0 bridgehead atoms. The van der Waals surface area contributed by atoms with Crippen molar-refractivity contribution in [2.45, 2.75) is 58.5 Å². The number of nitrogens with one attached hydrogen (secondary N) is 1. The summed E-state index contributed by atoms with van der Waals surface area (Å²) in [7, 11) is 3.81. The van der Waals surface area contributed by atoms with Crippen LogP contribution in [0, 0.1) is 0 Å². The van der Waals surface area contributed by atoms with E-state index in [1.54, 1.807) is 7.11 Å². The standard InChI is InChI=1S/C16H34N2O3/c1-7-11-17-16(4,15(19)21-8-2)10-9-12-18(5)14(3)13-20-6/h14,17H,7-13H2,1-6H3. The van der Waals surface area contributed by atoms with Gasteiger partial charge in [0.15, 0.2) is 0 Å². The van der Waals surface area contributed by atoms with E-state index in [0.717, 1.165) is 39.0 Å². The van der Waals surface area contributed by atoms with E-state index in [1.807, 2.05) is 13.8 Å². The second-order valence-electron chi connectivity index (χ2n) is 5.87. The van der Waals surface area contributed by atoms with Gasteiger partial charge in [-0.2, -0.15) is 0 Å². The smallest absolute Gasteiger partial charge is 0.326 e. The minimum absolute atomic E-state index is 0.147. The van der Waals surface area contributed by atoms with Crippen LogP contribution >= 0.6 is 0 Å². The molecule has 21 heavy (non-hydrogen) atoms. The summed E-state index contributed by atoms with van der Waals surface area (Å²) in [5.74, 6) is -0.147. The van der Waals surface area contributed by atoms with Gasteiger partial charge in [-0.05, 0) is 60.2 Å². The molecule has 5 heteroatoms. The van der Waals surface area contributed by atoms with Crippen molar-refractivity contribution in [3.63, 3.8) is 0 Å². The Hall–Kier alpha value is -0.650. The predicted octanol–water partition coefficient (Wildman–Crippen LogP) is 2.05. The number of carbonyl (C=O) groups excluding carboxylic acids is 1. The van der Waals surface area contributed by atoms with Crippen molar-refractivity contribution in [1.29, 1.82) is 0 Å². The topological polar surface area (TPSA) is 50.8 Å². The lowest BCUT2D eigenvalue weighted by Crippen LogP contribution is -2.51. The van der Waals surface area contributed by atoms with E-state index in [2.05, 4.69) is 31.1 Å². The van der Waals surface area contributed by atoms with Gasteiger partial charge in [-0.1, -0.05) is 6.92 Å². The highest BCUT2D eigenvalue weighted by atomic mass is 16.5. The Morgan fingerprint density at radius 2 is 2.05 bits per heavy atom. The quantitative estimate of drug-likeness (QED) is 0.559. The summed E-state index contributed by atoms with van der Waals surface area (Å²) in [5.41, 5.74) is -0.586. The minimum atomic E-state index is -0.586. The first-order chi connectivity index (χ1) is 9.91. The van der Waals surface area contributed by atoms with Gasteiger partial charge < -0.3 is 19.7 Å². The van der Waals surface area contributed by atoms with E-state index < -0.39 is 5.54 Å². The molecule has 1 N–H and O–H groups in total. The van der Waals surface area contributed by atoms with Crippen LogP contribution in [0.1, 0.15) is 47.0 Å². The van der Waals surface area contributed by atoms with E-state index >= 15 is 0 Å². The summed E-state index contributed by atoms with van der Waals surface area (Å²) in [5, 5.41) is 3.34. The summed E-state index contributed by atoms with van der Waals surface area (Å²) in [4.78, 5) is 14.4. The molecule has 0 radical (unpaired) electrons. The third kappa shape index (κ3) is 7.79. The number of carbonyl (C=O) groups is 1. The summed E-state index contributed by atoms with van der Waals surface area (Å²) in [6, 6.07) is 0.382. The second kappa shape index (κ2) is 11.0. The fourth-order valence-electron chi connectivity index (χ4n) is 2.22. The first-order valence-corrected chi connectivity index (χ1v) is 8.02. The zero-order valence-electron chi connectivity index (χ0n) is 14.7. The van der Waals surface area contributed by atoms with Crippen LogP contribution in [0.5, 0.6) is 0 Å². The van der Waals surface area contributed by atoms with Crippen LogP contribution in [0.4, 0.5) is 0 Å². The largest absolute Gasteiger partial charge is 0.465 e. The molecule has 126 valence electrons. The first kappa shape index (κ1) is 20.3. The zero-order valence-corrected chi connectivity index (χ0v) is 14.7. The second-order valence-corrected chi connectivity index (χ2v) is 5.87. The number of rotatable bonds is 12. The molecule has 0 spiro atoms. The number of likely N-dealkylation sites (N-methyl/N-ethyl adjacent to an activating group) is 1. The van der Waals surface area contributed by atoms with Crippen LogP contribution in [0.15, 0.2) is 0 Å². The van der Waals surface area contributed by atoms with Crippen molar-refractivity contribution in [3.05, 3.63) is 0 Å². The summed E-state index contributed by atoms with van der Waals surface area (Å²) in [6.07, 6.45) is 2.71. The van der Waals surface area contributed by atoms with Gasteiger partial charge in [-0.15, -0.1) is 0 Å². The molecule has 0 rings (SSSR count). The van der Waals surface area contributed by atoms with Crippen molar-refractivity contribution in [3.8, 4) is 0 Å². The molecule has 0 fully saturated rings. The van der Waals surface area contributed by atoms with Crippen LogP contribution in [-0.4, -0.2) is 62.9 Å². The minimum Gasteiger partial charge on any atom is -0.465 e. The van der Waals surface area contributed by atoms with Crippen molar-refractivity contribution in [2.75, 3.05) is 40.5 Å². The average Bonchev–Trinajstić information content (AvgIpc) is 2.45. The van der Waals surface area contributed by atoms with Gasteiger partial charge in [-0.3, -0.25) is 4.79 Å². The Morgan fingerprint density at radius 1 is 1.38 bits per heavy atom. The number of hydrogen-bond acceptors (Lipinski definition) is 5. The summed E-state index contributed by atoms with van der Waals surface area (Å²) in [6.45, 7) is 10.9. The van der Waals surface area contributed by atoms with E-state index in [-0.39, 0.29) is 5.97 Å². The van der Waals surface area contributed by atoms with E-state index in [0.29, 0.717) is 12.6 Å². The van der Waals surface area contributed by atoms with Crippen LogP contribution in [-0.2, 0) is 14.3 Å². The molecule has 0 aliphatic carbocycles. The van der Waals surface area contributed by atoms with Gasteiger partial charge in [0, 0.05) is 13.2 Å². The first-order valence-electron chi connectivity index (χ1n) is 8.02. The van der Waals surface area contributed by atoms with Gasteiger partial charge in [0.1, 0.15) is 5.54 Å². The van der Waals surface area contributed by atoms with Gasteiger partial charge in [0.2, 0.25) is 0 Å². The van der Waals surface area contributed by atoms with Crippen LogP contribution in [0.3, 0.4) is 0 Å². The lowest BCUT2D eigenvalue weighted by molar-refractivity contribution is -0.150. The van der Waals surface area contributed by atoms with E-state index in [9.17, 15) is 4.79 Å². The Bertz CT molecular complexity index is 287. The molecule has 0 heterocycles. The molecule has 0 saturated carbocycles. The molecule has 2 unspecified atom stereocenters. The number of methoxy groups -OCH3 is 1. The molecular formula is C16H34N2O3. The summed E-state index contributed by atoms with van der Waals surface area (Å²) < 4.78 is 10.4. The molecule has 0 aliphatic heterocycles. The highest BCUT2D eigenvalue weighted by molar-refractivity contribution is 5.80. The van der Waals surface area contributed by atoms with E-state index in [1.165, 1.54) is 0 Å². The van der Waals surface area contributed by atoms with Crippen molar-refractivity contribution >= 4 is 5.97 Å². The molecule has 2 atom stereocenters. The molecule has 0 aliphatic rings. The van der Waals surface area contributed by atoms with Crippen molar-refractivity contribution in [2.24, 2.45) is 0 Å². The molecule has 0 saturated heterocycles. The SMILES string of the molecule is CCCNC(C)(CCCN(C)C(C)COC)C(=O)OCC. The molecular weight excluding hydrogens is 268 g/mol. The average molecular weight is 302 g/mol. The predicted molar refractivity (Wildman–Crippen MR) is 86.5 cm³/mol. The van der Waals surface area contributed by atoms with Crippen LogP contribution in [0.2, 0.25) is 0 Å². The zero-order chi connectivity index (χ0) is 16.3. The van der Waals surface area contributed by atoms with Gasteiger partial charge in [-0.25, -0.2) is 0 Å². The summed E-state index contributed by atoms with van der Waals surface area (Å²) >= 11 is 0. The Kier molecular flexibility index (Phi) is 10.6. The highest BCUT2D eigenvalue weighted by Gasteiger charge is 2.33. The molecule has 0 amide bonds. The van der Waals surface area contributed by atoms with Crippen molar-refractivity contribution < 1.29 is 14.3 Å². The third-order valence-corrected chi connectivity index (χ3v) is 3.84.